The molecule has 2 aliphatic rings. The van der Waals surface area contributed by atoms with Gasteiger partial charge in [-0.25, -0.2) is 0 Å². The largest absolute Gasteiger partial charge is 0.436 e. The molecule has 2 rings (SSSR count). The lowest BCUT2D eigenvalue weighted by Crippen LogP contribution is -2.31. The van der Waals surface area contributed by atoms with Gasteiger partial charge in [0.05, 0.1) is 24.7 Å². The minimum absolute atomic E-state index is 0.198. The highest BCUT2D eigenvalue weighted by molar-refractivity contribution is 5.72. The number of esters is 1. The summed E-state index contributed by atoms with van der Waals surface area (Å²) < 4.78 is 10.9. The Morgan fingerprint density at radius 2 is 1.76 bits per heavy atom. The second-order valence-electron chi connectivity index (χ2n) is 6.54. The number of ether oxygens (including phenoxy) is 2. The maximum absolute atomic E-state index is 12.0. The van der Waals surface area contributed by atoms with Gasteiger partial charge in [-0.2, -0.15) is 0 Å². The van der Waals surface area contributed by atoms with Crippen LogP contribution in [-0.4, -0.2) is 41.3 Å². The summed E-state index contributed by atoms with van der Waals surface area (Å²) in [4.78, 5) is 12.0. The van der Waals surface area contributed by atoms with Gasteiger partial charge in [-0.15, -0.1) is 0 Å². The monoisotopic (exact) mass is 300 g/mol. The van der Waals surface area contributed by atoms with E-state index in [-0.39, 0.29) is 24.1 Å². The number of rotatable bonds is 5. The molecule has 5 unspecified atom stereocenters. The zero-order chi connectivity index (χ0) is 15.2. The van der Waals surface area contributed by atoms with E-state index in [1.54, 1.807) is 6.92 Å². The lowest BCUT2D eigenvalue weighted by atomic mass is 9.87. The molecule has 0 aliphatic heterocycles. The lowest BCUT2D eigenvalue weighted by molar-refractivity contribution is -0.184. The summed E-state index contributed by atoms with van der Waals surface area (Å²) in [7, 11) is 0. The van der Waals surface area contributed by atoms with Crippen molar-refractivity contribution >= 4 is 5.97 Å². The van der Waals surface area contributed by atoms with Crippen LogP contribution >= 0.6 is 0 Å². The van der Waals surface area contributed by atoms with Crippen molar-refractivity contribution in [3.63, 3.8) is 0 Å². The standard InChI is InChI=1S/C16H28O5/c1-11(20-10-12-4-2-6-14(17)8-12)21-16(19)13-5-3-7-15(18)9-13/h11-15,17-18H,2-10H2,1H3. The van der Waals surface area contributed by atoms with Crippen LogP contribution in [0.15, 0.2) is 0 Å². The molecule has 0 bridgehead atoms. The number of aliphatic hydroxyl groups is 2. The molecule has 0 aromatic carbocycles. The van der Waals surface area contributed by atoms with E-state index in [2.05, 4.69) is 0 Å². The zero-order valence-corrected chi connectivity index (χ0v) is 12.9. The van der Waals surface area contributed by atoms with Crippen molar-refractivity contribution in [1.82, 2.24) is 0 Å². The minimum Gasteiger partial charge on any atom is -0.436 e. The van der Waals surface area contributed by atoms with E-state index in [4.69, 9.17) is 9.47 Å². The van der Waals surface area contributed by atoms with Crippen LogP contribution in [0.4, 0.5) is 0 Å². The third-order valence-electron chi connectivity index (χ3n) is 4.58. The summed E-state index contributed by atoms with van der Waals surface area (Å²) >= 11 is 0. The Morgan fingerprint density at radius 1 is 1.10 bits per heavy atom. The van der Waals surface area contributed by atoms with E-state index in [9.17, 15) is 15.0 Å². The van der Waals surface area contributed by atoms with Gasteiger partial charge in [-0.3, -0.25) is 4.79 Å². The van der Waals surface area contributed by atoms with E-state index >= 15 is 0 Å². The fraction of sp³-hybridized carbons (Fsp3) is 0.938. The molecule has 0 amide bonds. The molecule has 2 saturated carbocycles. The topological polar surface area (TPSA) is 76.0 Å². The highest BCUT2D eigenvalue weighted by Gasteiger charge is 2.29. The molecule has 2 N–H and O–H groups in total. The van der Waals surface area contributed by atoms with Crippen molar-refractivity contribution in [2.45, 2.75) is 76.8 Å². The molecular formula is C16H28O5. The highest BCUT2D eigenvalue weighted by Crippen LogP contribution is 2.27. The van der Waals surface area contributed by atoms with Crippen LogP contribution in [0.25, 0.3) is 0 Å². The van der Waals surface area contributed by atoms with Crippen LogP contribution < -0.4 is 0 Å². The van der Waals surface area contributed by atoms with Gasteiger partial charge in [0.15, 0.2) is 6.29 Å². The maximum Gasteiger partial charge on any atom is 0.311 e. The Bertz CT molecular complexity index is 333. The van der Waals surface area contributed by atoms with Crippen LogP contribution in [0.3, 0.4) is 0 Å². The van der Waals surface area contributed by atoms with E-state index in [1.807, 2.05) is 0 Å². The molecule has 0 saturated heterocycles. The summed E-state index contributed by atoms with van der Waals surface area (Å²) in [6, 6.07) is 0. The predicted octanol–water partition coefficient (Wildman–Crippen LogP) is 1.99. The predicted molar refractivity (Wildman–Crippen MR) is 77.4 cm³/mol. The van der Waals surface area contributed by atoms with Gasteiger partial charge >= 0.3 is 5.97 Å². The smallest absolute Gasteiger partial charge is 0.311 e. The first-order valence-electron chi connectivity index (χ1n) is 8.22. The molecule has 0 aromatic heterocycles. The first-order valence-corrected chi connectivity index (χ1v) is 8.22. The Hall–Kier alpha value is -0.650. The fourth-order valence-electron chi connectivity index (χ4n) is 3.36. The number of carbonyl (C=O) groups excluding carboxylic acids is 1. The summed E-state index contributed by atoms with van der Waals surface area (Å²) in [5.74, 6) is -0.104. The van der Waals surface area contributed by atoms with Gasteiger partial charge in [0, 0.05) is 0 Å². The quantitative estimate of drug-likeness (QED) is 0.600. The second-order valence-corrected chi connectivity index (χ2v) is 6.54. The van der Waals surface area contributed by atoms with Gasteiger partial charge in [0.25, 0.3) is 0 Å². The molecule has 2 fully saturated rings. The van der Waals surface area contributed by atoms with Crippen LogP contribution in [0.1, 0.15) is 58.3 Å². The first-order chi connectivity index (χ1) is 10.0. The normalized spacial score (nSPS) is 35.2. The van der Waals surface area contributed by atoms with Crippen molar-refractivity contribution in [2.75, 3.05) is 6.61 Å². The number of hydrogen-bond donors (Lipinski definition) is 2. The van der Waals surface area contributed by atoms with E-state index in [0.29, 0.717) is 18.9 Å². The molecule has 5 heteroatoms. The third kappa shape index (κ3) is 5.57. The van der Waals surface area contributed by atoms with Crippen molar-refractivity contribution in [1.29, 1.82) is 0 Å². The summed E-state index contributed by atoms with van der Waals surface area (Å²) in [5.41, 5.74) is 0. The van der Waals surface area contributed by atoms with Gasteiger partial charge in [0.2, 0.25) is 0 Å². The van der Waals surface area contributed by atoms with Crippen molar-refractivity contribution in [3.8, 4) is 0 Å². The number of carbonyl (C=O) groups is 1. The first kappa shape index (κ1) is 16.7. The molecule has 0 spiro atoms. The van der Waals surface area contributed by atoms with Gasteiger partial charge in [-0.05, 0) is 51.4 Å². The van der Waals surface area contributed by atoms with Gasteiger partial charge in [0.1, 0.15) is 0 Å². The molecule has 0 radical (unpaired) electrons. The van der Waals surface area contributed by atoms with E-state index in [0.717, 1.165) is 44.9 Å². The lowest BCUT2D eigenvalue weighted by Gasteiger charge is -2.28. The molecule has 21 heavy (non-hydrogen) atoms. The Kier molecular flexibility index (Phi) is 6.45. The number of hydrogen-bond acceptors (Lipinski definition) is 5. The van der Waals surface area contributed by atoms with Crippen LogP contribution in [0.2, 0.25) is 0 Å². The third-order valence-corrected chi connectivity index (χ3v) is 4.58. The SMILES string of the molecule is CC(OCC1CCCC(O)C1)OC(=O)C1CCCC(O)C1. The van der Waals surface area contributed by atoms with Crippen molar-refractivity contribution < 1.29 is 24.5 Å². The second kappa shape index (κ2) is 8.11. The Labute approximate surface area is 126 Å². The van der Waals surface area contributed by atoms with E-state index in [1.165, 1.54) is 0 Å². The highest BCUT2D eigenvalue weighted by atomic mass is 16.7. The number of aliphatic hydroxyl groups excluding tert-OH is 2. The van der Waals surface area contributed by atoms with Gasteiger partial charge < -0.3 is 19.7 Å². The summed E-state index contributed by atoms with van der Waals surface area (Å²) in [6.45, 7) is 2.26. The average molecular weight is 300 g/mol. The molecular weight excluding hydrogens is 272 g/mol. The minimum atomic E-state index is -0.560. The molecule has 0 heterocycles. The molecule has 2 aliphatic carbocycles. The van der Waals surface area contributed by atoms with Crippen LogP contribution in [0.5, 0.6) is 0 Å². The fourth-order valence-corrected chi connectivity index (χ4v) is 3.36. The van der Waals surface area contributed by atoms with Gasteiger partial charge in [-0.1, -0.05) is 12.8 Å². The van der Waals surface area contributed by atoms with Crippen molar-refractivity contribution in [3.05, 3.63) is 0 Å². The average Bonchev–Trinajstić information content (AvgIpc) is 2.45. The maximum atomic E-state index is 12.0. The summed E-state index contributed by atoms with van der Waals surface area (Å²) in [6.07, 6.45) is 5.53. The van der Waals surface area contributed by atoms with Crippen molar-refractivity contribution in [2.24, 2.45) is 11.8 Å². The van der Waals surface area contributed by atoms with Crippen LogP contribution in [-0.2, 0) is 14.3 Å². The Balaban J connectivity index is 1.66. The molecule has 122 valence electrons. The molecule has 0 aromatic rings. The molecule has 5 atom stereocenters. The summed E-state index contributed by atoms with van der Waals surface area (Å²) in [5, 5.41) is 19.2. The van der Waals surface area contributed by atoms with Crippen LogP contribution in [0, 0.1) is 11.8 Å². The zero-order valence-electron chi connectivity index (χ0n) is 12.9. The molecule has 5 nitrogen and oxygen atoms in total. The van der Waals surface area contributed by atoms with E-state index < -0.39 is 6.29 Å². The Morgan fingerprint density at radius 3 is 2.43 bits per heavy atom.